The van der Waals surface area contributed by atoms with Crippen LogP contribution in [0.3, 0.4) is 0 Å². The van der Waals surface area contributed by atoms with Crippen LogP contribution in [0, 0.1) is 5.92 Å². The molecule has 4 heteroatoms. The molecule has 1 aromatic rings. The van der Waals surface area contributed by atoms with Crippen LogP contribution < -0.4 is 0 Å². The summed E-state index contributed by atoms with van der Waals surface area (Å²) in [7, 11) is 0. The quantitative estimate of drug-likeness (QED) is 0.751. The fourth-order valence-electron chi connectivity index (χ4n) is 2.33. The Balaban J connectivity index is 2.20. The van der Waals surface area contributed by atoms with E-state index in [1.54, 1.807) is 11.0 Å². The maximum Gasteiger partial charge on any atom is 0.180 e. The van der Waals surface area contributed by atoms with Gasteiger partial charge in [-0.25, -0.2) is 9.67 Å². The largest absolute Gasteiger partial charge is 0.292 e. The van der Waals surface area contributed by atoms with E-state index in [2.05, 4.69) is 16.2 Å². The number of carbonyl (C=O) groups is 1. The van der Waals surface area contributed by atoms with E-state index in [9.17, 15) is 4.79 Å². The van der Waals surface area contributed by atoms with Crippen molar-refractivity contribution in [2.45, 2.75) is 45.4 Å². The Morgan fingerprint density at radius 3 is 2.76 bits per heavy atom. The summed E-state index contributed by atoms with van der Waals surface area (Å²) in [6.45, 7) is 1.88. The van der Waals surface area contributed by atoms with Gasteiger partial charge in [-0.2, -0.15) is 5.10 Å². The first-order valence-electron chi connectivity index (χ1n) is 6.41. The molecule has 1 aromatic heterocycles. The Labute approximate surface area is 102 Å². The van der Waals surface area contributed by atoms with Gasteiger partial charge in [-0.15, -0.1) is 0 Å². The molecular formula is C13H19N3O. The Hall–Kier alpha value is -1.45. The first kappa shape index (κ1) is 12.0. The molecule has 1 saturated carbocycles. The van der Waals surface area contributed by atoms with Gasteiger partial charge in [-0.3, -0.25) is 4.79 Å². The number of hydrogen-bond donors (Lipinski definition) is 0. The highest BCUT2D eigenvalue weighted by atomic mass is 16.1. The number of Topliss-reactive ketones (excluding diaryl/α,β-unsaturated/α-hetero) is 1. The summed E-state index contributed by atoms with van der Waals surface area (Å²) in [5.74, 6) is 0.666. The summed E-state index contributed by atoms with van der Waals surface area (Å²) in [6, 6.07) is 0. The van der Waals surface area contributed by atoms with Crippen molar-refractivity contribution >= 4 is 11.5 Å². The number of carbonyl (C=O) groups excluding carboxylic acids is 1. The minimum absolute atomic E-state index is 0.140. The molecule has 0 N–H and O–H groups in total. The molecule has 17 heavy (non-hydrogen) atoms. The predicted octanol–water partition coefficient (Wildman–Crippen LogP) is 2.68. The smallest absolute Gasteiger partial charge is 0.180 e. The van der Waals surface area contributed by atoms with E-state index in [1.165, 1.54) is 38.4 Å². The van der Waals surface area contributed by atoms with Gasteiger partial charge in [-0.05, 0) is 18.8 Å². The van der Waals surface area contributed by atoms with E-state index >= 15 is 0 Å². The first-order chi connectivity index (χ1) is 8.31. The van der Waals surface area contributed by atoms with Gasteiger partial charge < -0.3 is 0 Å². The zero-order chi connectivity index (χ0) is 12.1. The van der Waals surface area contributed by atoms with Crippen LogP contribution in [0.5, 0.6) is 0 Å². The predicted molar refractivity (Wildman–Crippen MR) is 66.2 cm³/mol. The van der Waals surface area contributed by atoms with Gasteiger partial charge in [0, 0.05) is 6.42 Å². The number of aromatic nitrogens is 3. The van der Waals surface area contributed by atoms with Crippen LogP contribution in [-0.2, 0) is 4.79 Å². The molecule has 1 aliphatic carbocycles. The highest BCUT2D eigenvalue weighted by Gasteiger charge is 2.16. The van der Waals surface area contributed by atoms with Gasteiger partial charge in [0.2, 0.25) is 0 Å². The minimum Gasteiger partial charge on any atom is -0.292 e. The average Bonchev–Trinajstić information content (AvgIpc) is 2.90. The van der Waals surface area contributed by atoms with Gasteiger partial charge in [0.25, 0.3) is 0 Å². The van der Waals surface area contributed by atoms with Gasteiger partial charge in [0.15, 0.2) is 5.78 Å². The Kier molecular flexibility index (Phi) is 4.07. The molecule has 1 heterocycles. The lowest BCUT2D eigenvalue weighted by atomic mass is 9.88. The van der Waals surface area contributed by atoms with Crippen LogP contribution in [0.4, 0.5) is 0 Å². The maximum absolute atomic E-state index is 11.9. The number of ketones is 1. The van der Waals surface area contributed by atoms with Crippen molar-refractivity contribution in [1.82, 2.24) is 14.8 Å². The fourth-order valence-corrected chi connectivity index (χ4v) is 2.33. The van der Waals surface area contributed by atoms with Crippen molar-refractivity contribution < 1.29 is 4.79 Å². The van der Waals surface area contributed by atoms with Crippen molar-refractivity contribution in [2.75, 3.05) is 0 Å². The second kappa shape index (κ2) is 5.75. The minimum atomic E-state index is 0.140. The molecule has 1 aliphatic rings. The maximum atomic E-state index is 11.9. The molecule has 0 spiro atoms. The second-order valence-corrected chi connectivity index (χ2v) is 4.57. The topological polar surface area (TPSA) is 47.8 Å². The number of hydrogen-bond acceptors (Lipinski definition) is 3. The summed E-state index contributed by atoms with van der Waals surface area (Å²) in [4.78, 5) is 15.8. The van der Waals surface area contributed by atoms with Crippen molar-refractivity contribution in [2.24, 2.45) is 5.92 Å². The normalized spacial score (nSPS) is 18.3. The zero-order valence-corrected chi connectivity index (χ0v) is 10.3. The van der Waals surface area contributed by atoms with E-state index in [1.807, 2.05) is 6.92 Å². The number of allylic oxidation sites excluding steroid dienone is 2. The molecule has 0 radical (unpaired) electrons. The molecule has 0 atom stereocenters. The zero-order valence-electron chi connectivity index (χ0n) is 10.3. The van der Waals surface area contributed by atoms with E-state index in [4.69, 9.17) is 0 Å². The number of nitrogens with zero attached hydrogens (tertiary/aromatic N) is 3. The molecule has 0 aliphatic heterocycles. The molecule has 92 valence electrons. The lowest BCUT2D eigenvalue weighted by Gasteiger charge is -2.19. The average molecular weight is 233 g/mol. The van der Waals surface area contributed by atoms with Gasteiger partial charge in [-0.1, -0.05) is 32.3 Å². The van der Waals surface area contributed by atoms with E-state index in [0.717, 1.165) is 0 Å². The molecule has 1 fully saturated rings. The Bertz CT molecular complexity index is 389. The van der Waals surface area contributed by atoms with Crippen molar-refractivity contribution in [3.63, 3.8) is 0 Å². The summed E-state index contributed by atoms with van der Waals surface area (Å²) in [5.41, 5.74) is 0.692. The monoisotopic (exact) mass is 233 g/mol. The highest BCUT2D eigenvalue weighted by molar-refractivity contribution is 6.14. The van der Waals surface area contributed by atoms with Crippen LogP contribution in [0.15, 0.2) is 18.7 Å². The van der Waals surface area contributed by atoms with Crippen LogP contribution in [0.1, 0.15) is 45.4 Å². The van der Waals surface area contributed by atoms with E-state index in [-0.39, 0.29) is 5.78 Å². The third kappa shape index (κ3) is 3.02. The summed E-state index contributed by atoms with van der Waals surface area (Å²) >= 11 is 0. The summed E-state index contributed by atoms with van der Waals surface area (Å²) in [6.07, 6.45) is 11.9. The molecule has 4 nitrogen and oxygen atoms in total. The lowest BCUT2D eigenvalue weighted by Crippen LogP contribution is -2.12. The fraction of sp³-hybridized carbons (Fsp3) is 0.615. The van der Waals surface area contributed by atoms with Crippen LogP contribution in [0.25, 0.3) is 5.70 Å². The third-order valence-electron chi connectivity index (χ3n) is 3.32. The number of rotatable bonds is 4. The van der Waals surface area contributed by atoms with Crippen molar-refractivity contribution in [3.05, 3.63) is 18.7 Å². The molecule has 0 aromatic carbocycles. The van der Waals surface area contributed by atoms with Crippen LogP contribution >= 0.6 is 0 Å². The summed E-state index contributed by atoms with van der Waals surface area (Å²) < 4.78 is 1.60. The van der Waals surface area contributed by atoms with E-state index in [0.29, 0.717) is 18.0 Å². The highest BCUT2D eigenvalue weighted by Crippen LogP contribution is 2.26. The lowest BCUT2D eigenvalue weighted by molar-refractivity contribution is -0.113. The molecule has 0 amide bonds. The molecule has 2 rings (SSSR count). The Morgan fingerprint density at radius 2 is 2.18 bits per heavy atom. The molecule has 0 unspecified atom stereocenters. The van der Waals surface area contributed by atoms with Crippen LogP contribution in [0.2, 0.25) is 0 Å². The van der Waals surface area contributed by atoms with Crippen LogP contribution in [-0.4, -0.2) is 20.5 Å². The van der Waals surface area contributed by atoms with Gasteiger partial charge >= 0.3 is 0 Å². The van der Waals surface area contributed by atoms with Gasteiger partial charge in [0.05, 0.1) is 0 Å². The molecule has 0 bridgehead atoms. The first-order valence-corrected chi connectivity index (χ1v) is 6.41. The Morgan fingerprint density at radius 1 is 1.41 bits per heavy atom. The third-order valence-corrected chi connectivity index (χ3v) is 3.32. The van der Waals surface area contributed by atoms with E-state index < -0.39 is 0 Å². The summed E-state index contributed by atoms with van der Waals surface area (Å²) in [5, 5.41) is 4.07. The van der Waals surface area contributed by atoms with Gasteiger partial charge in [0.1, 0.15) is 18.4 Å². The molecule has 0 saturated heterocycles. The van der Waals surface area contributed by atoms with Crippen molar-refractivity contribution in [1.29, 1.82) is 0 Å². The van der Waals surface area contributed by atoms with Crippen molar-refractivity contribution in [3.8, 4) is 0 Å². The molecular weight excluding hydrogens is 214 g/mol. The SMILES string of the molecule is CCC(=O)C(=CC1CCCCC1)n1cncn1. The second-order valence-electron chi connectivity index (χ2n) is 4.57. The standard InChI is InChI=1S/C13H19N3O/c1-2-13(17)12(16-10-14-9-15-16)8-11-6-4-3-5-7-11/h8-11H,2-7H2,1H3.